The van der Waals surface area contributed by atoms with E-state index in [-0.39, 0.29) is 0 Å². The fourth-order valence-electron chi connectivity index (χ4n) is 1.10. The summed E-state index contributed by atoms with van der Waals surface area (Å²) < 4.78 is 0.972. The molecule has 0 fully saturated rings. The van der Waals surface area contributed by atoms with Gasteiger partial charge in [-0.1, -0.05) is 6.92 Å². The minimum Gasteiger partial charge on any atom is -0.313 e. The number of nitrogens with zero attached hydrogens (tertiary/aromatic N) is 3. The highest BCUT2D eigenvalue weighted by Crippen LogP contribution is 2.25. The van der Waals surface area contributed by atoms with Gasteiger partial charge in [0.25, 0.3) is 0 Å². The van der Waals surface area contributed by atoms with E-state index < -0.39 is 0 Å². The van der Waals surface area contributed by atoms with E-state index in [4.69, 9.17) is 0 Å². The van der Waals surface area contributed by atoms with Crippen LogP contribution < -0.4 is 5.32 Å². The van der Waals surface area contributed by atoms with Crippen LogP contribution in [0.4, 0.5) is 0 Å². The van der Waals surface area contributed by atoms with Crippen molar-refractivity contribution in [1.82, 2.24) is 20.3 Å². The first-order valence-electron chi connectivity index (χ1n) is 4.97. The summed E-state index contributed by atoms with van der Waals surface area (Å²) in [5.41, 5.74) is 1.10. The van der Waals surface area contributed by atoms with Gasteiger partial charge in [-0.25, -0.2) is 15.0 Å². The zero-order valence-corrected chi connectivity index (χ0v) is 10.5. The van der Waals surface area contributed by atoms with Crippen molar-refractivity contribution in [2.75, 3.05) is 6.54 Å². The molecule has 0 aliphatic heterocycles. The third kappa shape index (κ3) is 3.26. The van der Waals surface area contributed by atoms with Crippen molar-refractivity contribution in [1.29, 1.82) is 0 Å². The third-order valence-electron chi connectivity index (χ3n) is 1.85. The second-order valence-corrected chi connectivity index (χ2v) is 5.16. The average molecular weight is 252 g/mol. The van der Waals surface area contributed by atoms with Crippen molar-refractivity contribution in [2.24, 2.45) is 0 Å². The van der Waals surface area contributed by atoms with Gasteiger partial charge in [0.1, 0.15) is 0 Å². The molecule has 2 aromatic rings. The third-order valence-corrected chi connectivity index (χ3v) is 3.63. The quantitative estimate of drug-likeness (QED) is 0.827. The van der Waals surface area contributed by atoms with Gasteiger partial charge in [0.2, 0.25) is 0 Å². The Balaban J connectivity index is 1.96. The molecule has 0 atom stereocenters. The lowest BCUT2D eigenvalue weighted by Gasteiger charge is -2.01. The lowest BCUT2D eigenvalue weighted by Crippen LogP contribution is -2.12. The fraction of sp³-hybridized carbons (Fsp3) is 0.300. The lowest BCUT2D eigenvalue weighted by molar-refractivity contribution is 0.716. The van der Waals surface area contributed by atoms with Crippen LogP contribution in [0.2, 0.25) is 0 Å². The van der Waals surface area contributed by atoms with E-state index in [1.165, 1.54) is 11.8 Å². The molecule has 0 unspecified atom stereocenters. The van der Waals surface area contributed by atoms with E-state index in [0.29, 0.717) is 0 Å². The molecule has 0 aliphatic rings. The Hall–Kier alpha value is -0.980. The Morgan fingerprint density at radius 2 is 2.12 bits per heavy atom. The SMILES string of the molecule is CCNCc1cnc(Sc2nccs2)nc1. The molecule has 84 valence electrons. The van der Waals surface area contributed by atoms with Gasteiger partial charge in [-0.3, -0.25) is 0 Å². The van der Waals surface area contributed by atoms with Crippen LogP contribution in [0.5, 0.6) is 0 Å². The van der Waals surface area contributed by atoms with E-state index in [9.17, 15) is 0 Å². The maximum atomic E-state index is 4.28. The summed E-state index contributed by atoms with van der Waals surface area (Å²) in [7, 11) is 0. The first kappa shape index (κ1) is 11.5. The minimum absolute atomic E-state index is 0.746. The second kappa shape index (κ2) is 5.93. The molecule has 0 spiro atoms. The molecule has 0 saturated heterocycles. The van der Waals surface area contributed by atoms with Crippen LogP contribution in [-0.4, -0.2) is 21.5 Å². The fourth-order valence-corrected chi connectivity index (χ4v) is 2.52. The summed E-state index contributed by atoms with van der Waals surface area (Å²) in [4.78, 5) is 12.7. The Bertz CT molecular complexity index is 413. The Morgan fingerprint density at radius 1 is 1.31 bits per heavy atom. The van der Waals surface area contributed by atoms with E-state index >= 15 is 0 Å². The van der Waals surface area contributed by atoms with Gasteiger partial charge in [-0.15, -0.1) is 11.3 Å². The topological polar surface area (TPSA) is 50.7 Å². The molecule has 2 rings (SSSR count). The molecule has 0 radical (unpaired) electrons. The van der Waals surface area contributed by atoms with Crippen molar-refractivity contribution in [2.45, 2.75) is 23.0 Å². The summed E-state index contributed by atoms with van der Waals surface area (Å²) in [6.07, 6.45) is 5.49. The molecule has 0 aromatic carbocycles. The Labute approximate surface area is 103 Å². The predicted octanol–water partition coefficient (Wildman–Crippen LogP) is 2.19. The van der Waals surface area contributed by atoms with Crippen LogP contribution in [0, 0.1) is 0 Å². The van der Waals surface area contributed by atoms with Crippen molar-refractivity contribution < 1.29 is 0 Å². The van der Waals surface area contributed by atoms with Crippen LogP contribution >= 0.6 is 23.1 Å². The van der Waals surface area contributed by atoms with Gasteiger partial charge in [0.05, 0.1) is 0 Å². The van der Waals surface area contributed by atoms with Crippen LogP contribution in [0.15, 0.2) is 33.5 Å². The Morgan fingerprint density at radius 3 is 2.75 bits per heavy atom. The smallest absolute Gasteiger partial charge is 0.194 e. The van der Waals surface area contributed by atoms with Gasteiger partial charge in [0, 0.05) is 36.1 Å². The maximum absolute atomic E-state index is 4.28. The molecule has 0 saturated carbocycles. The van der Waals surface area contributed by atoms with Crippen molar-refractivity contribution >= 4 is 23.1 Å². The number of hydrogen-bond acceptors (Lipinski definition) is 6. The normalized spacial score (nSPS) is 10.6. The summed E-state index contributed by atoms with van der Waals surface area (Å²) in [5, 5.41) is 5.92. The zero-order chi connectivity index (χ0) is 11.2. The first-order valence-corrected chi connectivity index (χ1v) is 6.67. The van der Waals surface area contributed by atoms with Gasteiger partial charge >= 0.3 is 0 Å². The highest BCUT2D eigenvalue weighted by atomic mass is 32.2. The van der Waals surface area contributed by atoms with E-state index in [1.807, 2.05) is 17.8 Å². The molecule has 16 heavy (non-hydrogen) atoms. The molecule has 6 heteroatoms. The molecule has 0 amide bonds. The zero-order valence-electron chi connectivity index (χ0n) is 8.88. The molecule has 0 aliphatic carbocycles. The summed E-state index contributed by atoms with van der Waals surface area (Å²) in [6.45, 7) is 3.85. The van der Waals surface area contributed by atoms with E-state index in [0.717, 1.165) is 28.1 Å². The molecule has 1 N–H and O–H groups in total. The molecule has 0 bridgehead atoms. The maximum Gasteiger partial charge on any atom is 0.194 e. The second-order valence-electron chi connectivity index (χ2n) is 3.05. The van der Waals surface area contributed by atoms with Crippen molar-refractivity contribution in [3.05, 3.63) is 29.5 Å². The highest BCUT2D eigenvalue weighted by Gasteiger charge is 2.02. The largest absolute Gasteiger partial charge is 0.313 e. The van der Waals surface area contributed by atoms with Crippen LogP contribution in [-0.2, 0) is 6.54 Å². The van der Waals surface area contributed by atoms with Gasteiger partial charge in [-0.2, -0.15) is 0 Å². The van der Waals surface area contributed by atoms with Gasteiger partial charge in [-0.05, 0) is 18.3 Å². The van der Waals surface area contributed by atoms with E-state index in [2.05, 4.69) is 27.2 Å². The lowest BCUT2D eigenvalue weighted by atomic mass is 10.3. The number of aromatic nitrogens is 3. The molecular weight excluding hydrogens is 240 g/mol. The number of hydrogen-bond donors (Lipinski definition) is 1. The molecule has 4 nitrogen and oxygen atoms in total. The number of nitrogens with one attached hydrogen (secondary N) is 1. The van der Waals surface area contributed by atoms with E-state index in [1.54, 1.807) is 17.5 Å². The number of rotatable bonds is 5. The van der Waals surface area contributed by atoms with Gasteiger partial charge < -0.3 is 5.32 Å². The summed E-state index contributed by atoms with van der Waals surface area (Å²) in [6, 6.07) is 0. The Kier molecular flexibility index (Phi) is 4.26. The molecule has 2 heterocycles. The highest BCUT2D eigenvalue weighted by molar-refractivity contribution is 8.00. The number of thiazole rings is 1. The summed E-state index contributed by atoms with van der Waals surface area (Å²) in [5.74, 6) is 0. The standard InChI is InChI=1S/C10H12N4S2/c1-2-11-5-8-6-13-9(14-7-8)16-10-12-3-4-15-10/h3-4,6-7,11H,2,5H2,1H3. The predicted molar refractivity (Wildman–Crippen MR) is 65.6 cm³/mol. The van der Waals surface area contributed by atoms with Crippen LogP contribution in [0.25, 0.3) is 0 Å². The average Bonchev–Trinajstić information content (AvgIpc) is 2.81. The summed E-state index contributed by atoms with van der Waals surface area (Å²) >= 11 is 3.09. The van der Waals surface area contributed by atoms with Crippen LogP contribution in [0.1, 0.15) is 12.5 Å². The first-order chi connectivity index (χ1) is 7.88. The molecular formula is C10H12N4S2. The van der Waals surface area contributed by atoms with Crippen LogP contribution in [0.3, 0.4) is 0 Å². The van der Waals surface area contributed by atoms with Crippen molar-refractivity contribution in [3.8, 4) is 0 Å². The monoisotopic (exact) mass is 252 g/mol. The molecule has 2 aromatic heterocycles. The van der Waals surface area contributed by atoms with Gasteiger partial charge in [0.15, 0.2) is 9.50 Å². The van der Waals surface area contributed by atoms with Crippen molar-refractivity contribution in [3.63, 3.8) is 0 Å². The minimum atomic E-state index is 0.746.